The van der Waals surface area contributed by atoms with Gasteiger partial charge in [0, 0.05) is 12.7 Å². The standard InChI is InChI=1S/C9H14N2O2/c1-11-7-2-3-9(8(10)6-7)13-5-4-12/h2-3,6,11-12H,4-5,10H2,1H3. The molecule has 0 unspecified atom stereocenters. The number of aliphatic hydroxyl groups is 1. The Morgan fingerprint density at radius 1 is 1.54 bits per heavy atom. The van der Waals surface area contributed by atoms with Crippen molar-refractivity contribution < 1.29 is 9.84 Å². The summed E-state index contributed by atoms with van der Waals surface area (Å²) in [4.78, 5) is 0. The zero-order valence-electron chi connectivity index (χ0n) is 7.58. The van der Waals surface area contributed by atoms with Gasteiger partial charge in [-0.05, 0) is 18.2 Å². The molecule has 0 saturated heterocycles. The summed E-state index contributed by atoms with van der Waals surface area (Å²) in [5.74, 6) is 0.605. The molecule has 0 heterocycles. The van der Waals surface area contributed by atoms with Crippen molar-refractivity contribution in [1.29, 1.82) is 0 Å². The molecule has 4 N–H and O–H groups in total. The van der Waals surface area contributed by atoms with Crippen LogP contribution in [0.4, 0.5) is 11.4 Å². The Hall–Kier alpha value is -1.42. The van der Waals surface area contributed by atoms with Gasteiger partial charge >= 0.3 is 0 Å². The number of nitrogen functional groups attached to an aromatic ring is 1. The monoisotopic (exact) mass is 182 g/mol. The molecule has 4 nitrogen and oxygen atoms in total. The van der Waals surface area contributed by atoms with Crippen LogP contribution in [0.25, 0.3) is 0 Å². The summed E-state index contributed by atoms with van der Waals surface area (Å²) in [6.07, 6.45) is 0. The molecule has 0 atom stereocenters. The summed E-state index contributed by atoms with van der Waals surface area (Å²) in [5.41, 5.74) is 7.20. The van der Waals surface area contributed by atoms with Crippen molar-refractivity contribution in [1.82, 2.24) is 0 Å². The van der Waals surface area contributed by atoms with E-state index in [2.05, 4.69) is 5.32 Å². The van der Waals surface area contributed by atoms with Gasteiger partial charge < -0.3 is 20.9 Å². The van der Waals surface area contributed by atoms with Crippen LogP contribution in [0.3, 0.4) is 0 Å². The lowest BCUT2D eigenvalue weighted by molar-refractivity contribution is 0.202. The van der Waals surface area contributed by atoms with Crippen LogP contribution in [0.15, 0.2) is 18.2 Å². The third-order valence-electron chi connectivity index (χ3n) is 1.65. The second-order valence-electron chi connectivity index (χ2n) is 2.57. The highest BCUT2D eigenvalue weighted by atomic mass is 16.5. The fourth-order valence-electron chi connectivity index (χ4n) is 0.991. The number of anilines is 2. The molecule has 0 bridgehead atoms. The molecule has 1 aromatic carbocycles. The van der Waals surface area contributed by atoms with E-state index < -0.39 is 0 Å². The van der Waals surface area contributed by atoms with E-state index in [0.717, 1.165) is 5.69 Å². The average Bonchev–Trinajstić information content (AvgIpc) is 2.16. The summed E-state index contributed by atoms with van der Waals surface area (Å²) in [7, 11) is 1.82. The highest BCUT2D eigenvalue weighted by Gasteiger charge is 1.99. The highest BCUT2D eigenvalue weighted by Crippen LogP contribution is 2.24. The first-order valence-corrected chi connectivity index (χ1v) is 4.09. The molecule has 0 amide bonds. The number of nitrogens with two attached hydrogens (primary N) is 1. The lowest BCUT2D eigenvalue weighted by atomic mass is 10.2. The van der Waals surface area contributed by atoms with Gasteiger partial charge in [-0.15, -0.1) is 0 Å². The van der Waals surface area contributed by atoms with Gasteiger partial charge in [0.2, 0.25) is 0 Å². The Balaban J connectivity index is 2.73. The van der Waals surface area contributed by atoms with Crippen LogP contribution in [0, 0.1) is 0 Å². The Bertz CT molecular complexity index is 276. The molecule has 0 aliphatic carbocycles. The molecular weight excluding hydrogens is 168 g/mol. The number of hydrogen-bond donors (Lipinski definition) is 3. The maximum atomic E-state index is 8.54. The molecule has 1 aromatic rings. The Morgan fingerprint density at radius 2 is 2.31 bits per heavy atom. The van der Waals surface area contributed by atoms with Gasteiger partial charge in [0.05, 0.1) is 12.3 Å². The topological polar surface area (TPSA) is 67.5 Å². The summed E-state index contributed by atoms with van der Waals surface area (Å²) in [6, 6.07) is 5.42. The normalized spacial score (nSPS) is 9.69. The largest absolute Gasteiger partial charge is 0.489 e. The second kappa shape index (κ2) is 4.57. The first-order valence-electron chi connectivity index (χ1n) is 4.09. The van der Waals surface area contributed by atoms with Gasteiger partial charge in [-0.25, -0.2) is 0 Å². The van der Waals surface area contributed by atoms with Crippen LogP contribution < -0.4 is 15.8 Å². The third kappa shape index (κ3) is 2.52. The first-order chi connectivity index (χ1) is 6.27. The van der Waals surface area contributed by atoms with Crippen LogP contribution in [0.5, 0.6) is 5.75 Å². The zero-order valence-corrected chi connectivity index (χ0v) is 7.58. The van der Waals surface area contributed by atoms with Gasteiger partial charge in [0.25, 0.3) is 0 Å². The van der Waals surface area contributed by atoms with E-state index in [1.165, 1.54) is 0 Å². The van der Waals surface area contributed by atoms with Gasteiger partial charge in [-0.3, -0.25) is 0 Å². The van der Waals surface area contributed by atoms with E-state index in [1.807, 2.05) is 13.1 Å². The lowest BCUT2D eigenvalue weighted by Crippen LogP contribution is -2.04. The van der Waals surface area contributed by atoms with Gasteiger partial charge in [0.1, 0.15) is 12.4 Å². The molecule has 4 heteroatoms. The minimum atomic E-state index is -0.00673. The van der Waals surface area contributed by atoms with Crippen LogP contribution in [-0.2, 0) is 0 Å². The minimum absolute atomic E-state index is 0.00673. The number of nitrogens with one attached hydrogen (secondary N) is 1. The van der Waals surface area contributed by atoms with E-state index >= 15 is 0 Å². The van der Waals surface area contributed by atoms with Crippen molar-refractivity contribution in [3.8, 4) is 5.75 Å². The van der Waals surface area contributed by atoms with E-state index in [0.29, 0.717) is 11.4 Å². The van der Waals surface area contributed by atoms with Crippen molar-refractivity contribution >= 4 is 11.4 Å². The molecule has 0 radical (unpaired) electrons. The number of benzene rings is 1. The smallest absolute Gasteiger partial charge is 0.142 e. The van der Waals surface area contributed by atoms with E-state index in [-0.39, 0.29) is 13.2 Å². The molecule has 0 spiro atoms. The molecule has 0 aliphatic rings. The van der Waals surface area contributed by atoms with Crippen molar-refractivity contribution in [2.45, 2.75) is 0 Å². The van der Waals surface area contributed by atoms with Gasteiger partial charge in [-0.1, -0.05) is 0 Å². The Morgan fingerprint density at radius 3 is 2.85 bits per heavy atom. The lowest BCUT2D eigenvalue weighted by Gasteiger charge is -2.08. The van der Waals surface area contributed by atoms with Crippen LogP contribution in [0.1, 0.15) is 0 Å². The van der Waals surface area contributed by atoms with E-state index in [9.17, 15) is 0 Å². The fourth-order valence-corrected chi connectivity index (χ4v) is 0.991. The number of hydrogen-bond acceptors (Lipinski definition) is 4. The molecular formula is C9H14N2O2. The van der Waals surface area contributed by atoms with Crippen LogP contribution in [-0.4, -0.2) is 25.4 Å². The SMILES string of the molecule is CNc1ccc(OCCO)c(N)c1. The van der Waals surface area contributed by atoms with Crippen molar-refractivity contribution in [2.24, 2.45) is 0 Å². The van der Waals surface area contributed by atoms with Crippen LogP contribution >= 0.6 is 0 Å². The molecule has 72 valence electrons. The number of rotatable bonds is 4. The molecule has 0 aromatic heterocycles. The summed E-state index contributed by atoms with van der Waals surface area (Å²) in [5, 5.41) is 11.5. The zero-order chi connectivity index (χ0) is 9.68. The van der Waals surface area contributed by atoms with Crippen LogP contribution in [0.2, 0.25) is 0 Å². The fraction of sp³-hybridized carbons (Fsp3) is 0.333. The van der Waals surface area contributed by atoms with Gasteiger partial charge in [-0.2, -0.15) is 0 Å². The molecule has 0 saturated carbocycles. The Labute approximate surface area is 77.3 Å². The molecule has 0 fully saturated rings. The summed E-state index contributed by atoms with van der Waals surface area (Å²) >= 11 is 0. The number of ether oxygens (including phenoxy) is 1. The third-order valence-corrected chi connectivity index (χ3v) is 1.65. The predicted octanol–water partition coefficient (Wildman–Crippen LogP) is 0.682. The van der Waals surface area contributed by atoms with Crippen molar-refractivity contribution in [2.75, 3.05) is 31.3 Å². The second-order valence-corrected chi connectivity index (χ2v) is 2.57. The van der Waals surface area contributed by atoms with E-state index in [1.54, 1.807) is 12.1 Å². The van der Waals surface area contributed by atoms with E-state index in [4.69, 9.17) is 15.6 Å². The quantitative estimate of drug-likeness (QED) is 0.599. The van der Waals surface area contributed by atoms with Crippen molar-refractivity contribution in [3.05, 3.63) is 18.2 Å². The van der Waals surface area contributed by atoms with Crippen molar-refractivity contribution in [3.63, 3.8) is 0 Å². The maximum absolute atomic E-state index is 8.54. The first kappa shape index (κ1) is 9.67. The van der Waals surface area contributed by atoms with Gasteiger partial charge in [0.15, 0.2) is 0 Å². The summed E-state index contributed by atoms with van der Waals surface area (Å²) < 4.78 is 5.18. The predicted molar refractivity (Wildman–Crippen MR) is 53.0 cm³/mol. The molecule has 13 heavy (non-hydrogen) atoms. The minimum Gasteiger partial charge on any atom is -0.489 e. The molecule has 0 aliphatic heterocycles. The number of aliphatic hydroxyl groups excluding tert-OH is 1. The highest BCUT2D eigenvalue weighted by molar-refractivity contribution is 5.62. The summed E-state index contributed by atoms with van der Waals surface area (Å²) in [6.45, 7) is 0.260. The maximum Gasteiger partial charge on any atom is 0.142 e. The molecule has 1 rings (SSSR count). The Kier molecular flexibility index (Phi) is 3.40. The average molecular weight is 182 g/mol.